The van der Waals surface area contributed by atoms with Crippen molar-refractivity contribution in [3.8, 4) is 0 Å². The van der Waals surface area contributed by atoms with E-state index in [1.807, 2.05) is 0 Å². The van der Waals surface area contributed by atoms with Crippen LogP contribution in [-0.2, 0) is 6.42 Å². The monoisotopic (exact) mass is 287 g/mol. The fraction of sp³-hybridized carbons (Fsp3) is 0.455. The van der Waals surface area contributed by atoms with Crippen LogP contribution in [0, 0.1) is 3.57 Å². The van der Waals surface area contributed by atoms with Gasteiger partial charge < -0.3 is 4.90 Å². The van der Waals surface area contributed by atoms with Gasteiger partial charge in [0.25, 0.3) is 0 Å². The molecular weight excluding hydrogens is 273 g/mol. The van der Waals surface area contributed by atoms with Crippen molar-refractivity contribution in [1.29, 1.82) is 0 Å². The minimum Gasteiger partial charge on any atom is -0.302 e. The van der Waals surface area contributed by atoms with E-state index in [0.717, 1.165) is 0 Å². The summed E-state index contributed by atoms with van der Waals surface area (Å²) in [6.07, 6.45) is 2.53. The summed E-state index contributed by atoms with van der Waals surface area (Å²) in [5, 5.41) is 0. The van der Waals surface area contributed by atoms with Gasteiger partial charge in [-0.05, 0) is 72.8 Å². The highest BCUT2D eigenvalue weighted by Gasteiger charge is 2.23. The molecule has 0 saturated heterocycles. The molecule has 1 unspecified atom stereocenters. The molecule has 2 rings (SSSR count). The Labute approximate surface area is 93.3 Å². The highest BCUT2D eigenvalue weighted by Crippen LogP contribution is 2.34. The van der Waals surface area contributed by atoms with Crippen molar-refractivity contribution in [3.05, 3.63) is 32.9 Å². The van der Waals surface area contributed by atoms with Crippen LogP contribution < -0.4 is 0 Å². The van der Waals surface area contributed by atoms with Gasteiger partial charge in [0.05, 0.1) is 0 Å². The maximum atomic E-state index is 2.38. The molecule has 0 spiro atoms. The smallest absolute Gasteiger partial charge is 0.0347 e. The van der Waals surface area contributed by atoms with Crippen LogP contribution in [0.1, 0.15) is 23.6 Å². The lowest BCUT2D eigenvalue weighted by Crippen LogP contribution is -2.17. The summed E-state index contributed by atoms with van der Waals surface area (Å²) in [6.45, 7) is 0. The Bertz CT molecular complexity index is 320. The van der Waals surface area contributed by atoms with Crippen LogP contribution in [0.25, 0.3) is 0 Å². The predicted octanol–water partition coefficient (Wildman–Crippen LogP) is 2.84. The third kappa shape index (κ3) is 1.74. The minimum absolute atomic E-state index is 0.645. The largest absolute Gasteiger partial charge is 0.302 e. The van der Waals surface area contributed by atoms with Gasteiger partial charge in [-0.1, -0.05) is 6.07 Å². The van der Waals surface area contributed by atoms with Crippen molar-refractivity contribution in [2.75, 3.05) is 14.1 Å². The third-order valence-electron chi connectivity index (χ3n) is 2.77. The van der Waals surface area contributed by atoms with Crippen molar-refractivity contribution >= 4 is 22.6 Å². The summed E-state index contributed by atoms with van der Waals surface area (Å²) in [7, 11) is 4.33. The van der Waals surface area contributed by atoms with Crippen molar-refractivity contribution < 1.29 is 0 Å². The highest BCUT2D eigenvalue weighted by molar-refractivity contribution is 14.1. The molecule has 1 nitrogen and oxygen atoms in total. The van der Waals surface area contributed by atoms with E-state index >= 15 is 0 Å². The topological polar surface area (TPSA) is 3.24 Å². The van der Waals surface area contributed by atoms with Crippen LogP contribution in [0.3, 0.4) is 0 Å². The molecular formula is C11H14IN. The average molecular weight is 287 g/mol. The van der Waals surface area contributed by atoms with Crippen molar-refractivity contribution in [2.45, 2.75) is 18.9 Å². The molecule has 0 heterocycles. The molecule has 13 heavy (non-hydrogen) atoms. The molecule has 0 aromatic heterocycles. The summed E-state index contributed by atoms with van der Waals surface area (Å²) in [6, 6.07) is 7.46. The summed E-state index contributed by atoms with van der Waals surface area (Å²) < 4.78 is 1.36. The molecule has 0 N–H and O–H groups in total. The molecule has 0 aliphatic heterocycles. The molecule has 1 aromatic rings. The zero-order valence-corrected chi connectivity index (χ0v) is 10.2. The Balaban J connectivity index is 2.38. The number of nitrogens with zero attached hydrogens (tertiary/aromatic N) is 1. The molecule has 0 bridgehead atoms. The van der Waals surface area contributed by atoms with E-state index in [1.54, 1.807) is 5.56 Å². The lowest BCUT2D eigenvalue weighted by Gasteiger charge is -2.19. The highest BCUT2D eigenvalue weighted by atomic mass is 127. The van der Waals surface area contributed by atoms with Crippen LogP contribution in [0.4, 0.5) is 0 Å². The van der Waals surface area contributed by atoms with Crippen molar-refractivity contribution in [1.82, 2.24) is 4.90 Å². The Morgan fingerprint density at radius 1 is 1.38 bits per heavy atom. The Hall–Kier alpha value is -0.0900. The van der Waals surface area contributed by atoms with Gasteiger partial charge in [0.2, 0.25) is 0 Å². The summed E-state index contributed by atoms with van der Waals surface area (Å²) in [4.78, 5) is 2.32. The van der Waals surface area contributed by atoms with Crippen LogP contribution in [-0.4, -0.2) is 19.0 Å². The maximum absolute atomic E-state index is 2.38. The van der Waals surface area contributed by atoms with Crippen molar-refractivity contribution in [3.63, 3.8) is 0 Å². The van der Waals surface area contributed by atoms with E-state index < -0.39 is 0 Å². The standard InChI is InChI=1S/C11H14IN/c1-13(2)11-6-3-8-7-9(12)4-5-10(8)11/h4-5,7,11H,3,6H2,1-2H3. The number of fused-ring (bicyclic) bond motifs is 1. The first-order chi connectivity index (χ1) is 6.18. The minimum atomic E-state index is 0.645. The fourth-order valence-electron chi connectivity index (χ4n) is 2.10. The molecule has 1 aliphatic carbocycles. The lowest BCUT2D eigenvalue weighted by molar-refractivity contribution is 0.299. The maximum Gasteiger partial charge on any atom is 0.0347 e. The molecule has 0 radical (unpaired) electrons. The summed E-state index contributed by atoms with van der Waals surface area (Å²) >= 11 is 2.38. The molecule has 70 valence electrons. The molecule has 0 amide bonds. The third-order valence-corrected chi connectivity index (χ3v) is 3.45. The fourth-order valence-corrected chi connectivity index (χ4v) is 2.66. The lowest BCUT2D eigenvalue weighted by atomic mass is 10.1. The van der Waals surface area contributed by atoms with Crippen LogP contribution in [0.15, 0.2) is 18.2 Å². The number of aryl methyl sites for hydroxylation is 1. The van der Waals surface area contributed by atoms with Gasteiger partial charge in [0.1, 0.15) is 0 Å². The number of halogens is 1. The van der Waals surface area contributed by atoms with E-state index in [9.17, 15) is 0 Å². The number of hydrogen-bond acceptors (Lipinski definition) is 1. The quantitative estimate of drug-likeness (QED) is 0.718. The average Bonchev–Trinajstić information content (AvgIpc) is 2.46. The predicted molar refractivity (Wildman–Crippen MR) is 63.9 cm³/mol. The molecule has 2 heteroatoms. The summed E-state index contributed by atoms with van der Waals surface area (Å²) in [5.41, 5.74) is 3.08. The number of benzene rings is 1. The van der Waals surface area contributed by atoms with Crippen molar-refractivity contribution in [2.24, 2.45) is 0 Å². The normalized spacial score (nSPS) is 20.8. The summed E-state index contributed by atoms with van der Waals surface area (Å²) in [5.74, 6) is 0. The van der Waals surface area contributed by atoms with Gasteiger partial charge in [-0.25, -0.2) is 0 Å². The molecule has 0 fully saturated rings. The molecule has 1 atom stereocenters. The Morgan fingerprint density at radius 3 is 2.85 bits per heavy atom. The SMILES string of the molecule is CN(C)C1CCc2cc(I)ccc21. The number of hydrogen-bond donors (Lipinski definition) is 0. The van der Waals surface area contributed by atoms with E-state index in [1.165, 1.54) is 22.0 Å². The van der Waals surface area contributed by atoms with Crippen LogP contribution in [0.2, 0.25) is 0 Å². The zero-order valence-electron chi connectivity index (χ0n) is 8.05. The van der Waals surface area contributed by atoms with Crippen LogP contribution in [0.5, 0.6) is 0 Å². The zero-order chi connectivity index (χ0) is 9.42. The van der Waals surface area contributed by atoms with Gasteiger partial charge >= 0.3 is 0 Å². The van der Waals surface area contributed by atoms with Gasteiger partial charge in [-0.3, -0.25) is 0 Å². The van der Waals surface area contributed by atoms with E-state index in [0.29, 0.717) is 6.04 Å². The second-order valence-corrected chi connectivity index (χ2v) is 5.11. The Morgan fingerprint density at radius 2 is 2.15 bits per heavy atom. The van der Waals surface area contributed by atoms with E-state index in [-0.39, 0.29) is 0 Å². The first-order valence-electron chi connectivity index (χ1n) is 4.63. The van der Waals surface area contributed by atoms with Gasteiger partial charge in [0, 0.05) is 9.61 Å². The van der Waals surface area contributed by atoms with Gasteiger partial charge in [-0.15, -0.1) is 0 Å². The Kier molecular flexibility index (Phi) is 2.60. The van der Waals surface area contributed by atoms with E-state index in [4.69, 9.17) is 0 Å². The first kappa shape index (κ1) is 9.46. The van der Waals surface area contributed by atoms with E-state index in [2.05, 4.69) is 59.8 Å². The first-order valence-corrected chi connectivity index (χ1v) is 5.71. The molecule has 1 aliphatic rings. The van der Waals surface area contributed by atoms with Gasteiger partial charge in [0.15, 0.2) is 0 Å². The van der Waals surface area contributed by atoms with Crippen LogP contribution >= 0.6 is 22.6 Å². The molecule has 0 saturated carbocycles. The second kappa shape index (κ2) is 3.58. The van der Waals surface area contributed by atoms with Gasteiger partial charge in [-0.2, -0.15) is 0 Å². The molecule has 1 aromatic carbocycles. The second-order valence-electron chi connectivity index (χ2n) is 3.86. The number of rotatable bonds is 1.